The molecule has 0 radical (unpaired) electrons. The first-order valence-electron chi connectivity index (χ1n) is 5.02. The first-order valence-corrected chi connectivity index (χ1v) is 5.02. The van der Waals surface area contributed by atoms with E-state index in [1.54, 1.807) is 12.1 Å². The molecular weight excluding hydrogens is 177 g/mol. The highest BCUT2D eigenvalue weighted by Gasteiger charge is 2.49. The van der Waals surface area contributed by atoms with Crippen molar-refractivity contribution in [2.24, 2.45) is 17.1 Å². The van der Waals surface area contributed by atoms with Crippen molar-refractivity contribution in [1.29, 1.82) is 0 Å². The van der Waals surface area contributed by atoms with Gasteiger partial charge in [-0.05, 0) is 35.4 Å². The molecule has 1 nitrogen and oxygen atoms in total. The molecule has 0 aromatic heterocycles. The van der Waals surface area contributed by atoms with Crippen molar-refractivity contribution in [3.63, 3.8) is 0 Å². The van der Waals surface area contributed by atoms with E-state index in [9.17, 15) is 4.39 Å². The van der Waals surface area contributed by atoms with Gasteiger partial charge in [-0.2, -0.15) is 0 Å². The first kappa shape index (κ1) is 9.66. The zero-order chi connectivity index (χ0) is 10.3. The molecule has 0 aliphatic heterocycles. The van der Waals surface area contributed by atoms with Crippen LogP contribution in [0.4, 0.5) is 4.39 Å². The summed E-state index contributed by atoms with van der Waals surface area (Å²) in [6.07, 6.45) is 1.17. The topological polar surface area (TPSA) is 26.0 Å². The Hall–Kier alpha value is -0.890. The molecule has 2 atom stereocenters. The predicted molar refractivity (Wildman–Crippen MR) is 55.2 cm³/mol. The third-order valence-corrected chi connectivity index (χ3v) is 3.28. The van der Waals surface area contributed by atoms with Gasteiger partial charge in [-0.15, -0.1) is 0 Å². The minimum Gasteiger partial charge on any atom is -0.324 e. The largest absolute Gasteiger partial charge is 0.324 e. The van der Waals surface area contributed by atoms with Crippen molar-refractivity contribution in [2.45, 2.75) is 26.3 Å². The van der Waals surface area contributed by atoms with Gasteiger partial charge in [-0.25, -0.2) is 4.39 Å². The third kappa shape index (κ3) is 1.67. The van der Waals surface area contributed by atoms with Gasteiger partial charge in [0.15, 0.2) is 0 Å². The monoisotopic (exact) mass is 193 g/mol. The Morgan fingerprint density at radius 1 is 1.36 bits per heavy atom. The second-order valence-electron chi connectivity index (χ2n) is 4.88. The Bertz CT molecular complexity index is 329. The Kier molecular flexibility index (Phi) is 2.11. The lowest BCUT2D eigenvalue weighted by molar-refractivity contribution is 0.491. The van der Waals surface area contributed by atoms with Crippen molar-refractivity contribution in [1.82, 2.24) is 0 Å². The maximum Gasteiger partial charge on any atom is 0.123 e. The molecule has 2 rings (SSSR count). The summed E-state index contributed by atoms with van der Waals surface area (Å²) in [7, 11) is 0. The van der Waals surface area contributed by atoms with Crippen LogP contribution in [0.5, 0.6) is 0 Å². The van der Waals surface area contributed by atoms with E-state index in [1.165, 1.54) is 18.6 Å². The zero-order valence-electron chi connectivity index (χ0n) is 8.63. The molecule has 1 aromatic carbocycles. The number of nitrogens with two attached hydrogens (primary N) is 1. The molecular formula is C12H16FN. The number of hydrogen-bond acceptors (Lipinski definition) is 1. The Morgan fingerprint density at radius 3 is 2.29 bits per heavy atom. The maximum absolute atomic E-state index is 12.7. The van der Waals surface area contributed by atoms with Gasteiger partial charge < -0.3 is 5.73 Å². The van der Waals surface area contributed by atoms with Crippen molar-refractivity contribution in [3.8, 4) is 0 Å². The molecule has 14 heavy (non-hydrogen) atoms. The zero-order valence-corrected chi connectivity index (χ0v) is 8.63. The summed E-state index contributed by atoms with van der Waals surface area (Å²) in [5, 5.41) is 0. The molecule has 0 saturated heterocycles. The highest BCUT2D eigenvalue weighted by molar-refractivity contribution is 5.23. The van der Waals surface area contributed by atoms with Crippen molar-refractivity contribution >= 4 is 0 Å². The Labute approximate surface area is 84.1 Å². The normalized spacial score (nSPS) is 25.9. The maximum atomic E-state index is 12.7. The van der Waals surface area contributed by atoms with Gasteiger partial charge in [0, 0.05) is 6.04 Å². The van der Waals surface area contributed by atoms with Crippen LogP contribution in [0.3, 0.4) is 0 Å². The van der Waals surface area contributed by atoms with Crippen molar-refractivity contribution in [3.05, 3.63) is 35.6 Å². The summed E-state index contributed by atoms with van der Waals surface area (Å²) in [5.41, 5.74) is 7.52. The minimum atomic E-state index is -0.198. The van der Waals surface area contributed by atoms with Crippen LogP contribution < -0.4 is 5.73 Å². The fraction of sp³-hybridized carbons (Fsp3) is 0.500. The van der Waals surface area contributed by atoms with Gasteiger partial charge in [0.05, 0.1) is 0 Å². The minimum absolute atomic E-state index is 0.0607. The van der Waals surface area contributed by atoms with Crippen molar-refractivity contribution in [2.75, 3.05) is 0 Å². The molecule has 0 bridgehead atoms. The lowest BCUT2D eigenvalue weighted by atomic mass is 9.98. The first-order chi connectivity index (χ1) is 6.50. The summed E-state index contributed by atoms with van der Waals surface area (Å²) < 4.78 is 12.7. The summed E-state index contributed by atoms with van der Waals surface area (Å²) in [4.78, 5) is 0. The smallest absolute Gasteiger partial charge is 0.123 e. The summed E-state index contributed by atoms with van der Waals surface area (Å²) in [6, 6.07) is 6.59. The van der Waals surface area contributed by atoms with Crippen LogP contribution in [0, 0.1) is 17.2 Å². The van der Waals surface area contributed by atoms with E-state index in [0.29, 0.717) is 11.3 Å². The lowest BCUT2D eigenvalue weighted by Crippen LogP contribution is -2.15. The number of hydrogen-bond donors (Lipinski definition) is 1. The van der Waals surface area contributed by atoms with Gasteiger partial charge in [-0.3, -0.25) is 0 Å². The van der Waals surface area contributed by atoms with E-state index < -0.39 is 0 Å². The molecule has 2 unspecified atom stereocenters. The summed E-state index contributed by atoms with van der Waals surface area (Å²) in [5.74, 6) is 0.351. The fourth-order valence-electron chi connectivity index (χ4n) is 2.04. The second kappa shape index (κ2) is 3.06. The van der Waals surface area contributed by atoms with Gasteiger partial charge in [0.2, 0.25) is 0 Å². The van der Waals surface area contributed by atoms with Crippen LogP contribution in [0.25, 0.3) is 0 Å². The molecule has 1 aliphatic rings. The quantitative estimate of drug-likeness (QED) is 0.768. The number of benzene rings is 1. The Balaban J connectivity index is 2.13. The molecule has 1 aromatic rings. The average molecular weight is 193 g/mol. The fourth-order valence-corrected chi connectivity index (χ4v) is 2.04. The summed E-state index contributed by atoms with van der Waals surface area (Å²) in [6.45, 7) is 4.45. The van der Waals surface area contributed by atoms with E-state index in [2.05, 4.69) is 13.8 Å². The SMILES string of the molecule is CC1(C)CC1C(N)c1ccc(F)cc1. The number of halogens is 1. The van der Waals surface area contributed by atoms with E-state index in [0.717, 1.165) is 5.56 Å². The molecule has 76 valence electrons. The van der Waals surface area contributed by atoms with Crippen LogP contribution in [0.2, 0.25) is 0 Å². The highest BCUT2D eigenvalue weighted by atomic mass is 19.1. The van der Waals surface area contributed by atoms with Gasteiger partial charge in [-0.1, -0.05) is 26.0 Å². The van der Waals surface area contributed by atoms with E-state index in [1.807, 2.05) is 0 Å². The highest BCUT2D eigenvalue weighted by Crippen LogP contribution is 2.56. The Morgan fingerprint density at radius 2 is 1.86 bits per heavy atom. The molecule has 0 heterocycles. The van der Waals surface area contributed by atoms with Gasteiger partial charge in [0.25, 0.3) is 0 Å². The standard InChI is InChI=1S/C12H16FN/c1-12(2)7-10(12)11(14)8-3-5-9(13)6-4-8/h3-6,10-11H,7,14H2,1-2H3. The van der Waals surface area contributed by atoms with Crippen LogP contribution >= 0.6 is 0 Å². The molecule has 2 heteroatoms. The van der Waals surface area contributed by atoms with Crippen LogP contribution in [0.1, 0.15) is 31.9 Å². The molecule has 0 amide bonds. The predicted octanol–water partition coefficient (Wildman–Crippen LogP) is 2.87. The number of rotatable bonds is 2. The van der Waals surface area contributed by atoms with Crippen LogP contribution in [0.15, 0.2) is 24.3 Å². The van der Waals surface area contributed by atoms with Gasteiger partial charge >= 0.3 is 0 Å². The van der Waals surface area contributed by atoms with Crippen LogP contribution in [-0.4, -0.2) is 0 Å². The molecule has 1 fully saturated rings. The van der Waals surface area contributed by atoms with Crippen LogP contribution in [-0.2, 0) is 0 Å². The van der Waals surface area contributed by atoms with E-state index in [4.69, 9.17) is 5.73 Å². The molecule has 1 aliphatic carbocycles. The van der Waals surface area contributed by atoms with E-state index >= 15 is 0 Å². The van der Waals surface area contributed by atoms with Gasteiger partial charge in [0.1, 0.15) is 5.82 Å². The summed E-state index contributed by atoms with van der Waals surface area (Å²) >= 11 is 0. The van der Waals surface area contributed by atoms with E-state index in [-0.39, 0.29) is 11.9 Å². The second-order valence-corrected chi connectivity index (χ2v) is 4.88. The third-order valence-electron chi connectivity index (χ3n) is 3.28. The molecule has 2 N–H and O–H groups in total. The lowest BCUT2D eigenvalue weighted by Gasteiger charge is -2.13. The average Bonchev–Trinajstić information content (AvgIpc) is 2.75. The molecule has 0 spiro atoms. The van der Waals surface area contributed by atoms with Crippen molar-refractivity contribution < 1.29 is 4.39 Å². The molecule has 1 saturated carbocycles.